The monoisotopic (exact) mass is 753 g/mol. The van der Waals surface area contributed by atoms with Crippen LogP contribution >= 0.6 is 0 Å². The van der Waals surface area contributed by atoms with E-state index < -0.39 is 0 Å². The van der Waals surface area contributed by atoms with Crippen molar-refractivity contribution in [2.75, 3.05) is 14.7 Å². The average molecular weight is 754 g/mol. The molecule has 0 atom stereocenters. The molecular weight excluding hydrogens is 713 g/mol. The van der Waals surface area contributed by atoms with Crippen LogP contribution in [0.3, 0.4) is 0 Å². The Kier molecular flexibility index (Phi) is 8.30. The molecule has 278 valence electrons. The van der Waals surface area contributed by atoms with Crippen LogP contribution in [-0.2, 0) is 0 Å². The summed E-state index contributed by atoms with van der Waals surface area (Å²) in [5, 5.41) is 4.96. The van der Waals surface area contributed by atoms with Crippen LogP contribution in [0, 0.1) is 6.92 Å². The Morgan fingerprint density at radius 2 is 1.05 bits per heavy atom. The van der Waals surface area contributed by atoms with E-state index >= 15 is 0 Å². The predicted octanol–water partition coefficient (Wildman–Crippen LogP) is 13.1. The van der Waals surface area contributed by atoms with Crippen LogP contribution in [0.5, 0.6) is 0 Å². The van der Waals surface area contributed by atoms with Crippen molar-refractivity contribution in [1.82, 2.24) is 0 Å². The Bertz CT molecular complexity index is 3060. The highest BCUT2D eigenvalue weighted by Crippen LogP contribution is 2.47. The maximum absolute atomic E-state index is 3.99. The average Bonchev–Trinajstić information content (AvgIpc) is 3.30. The zero-order valence-corrected chi connectivity index (χ0v) is 32.8. The van der Waals surface area contributed by atoms with Gasteiger partial charge in [0.15, 0.2) is 0 Å². The molecule has 0 spiro atoms. The topological polar surface area (TPSA) is 9.72 Å². The van der Waals surface area contributed by atoms with Crippen molar-refractivity contribution in [1.29, 1.82) is 0 Å². The number of benzene rings is 9. The first-order valence-electron chi connectivity index (χ1n) is 20.3. The molecule has 0 N–H and O–H groups in total. The summed E-state index contributed by atoms with van der Waals surface area (Å²) >= 11 is 0. The smallest absolute Gasteiger partial charge is 0.252 e. The molecular formula is C55H40BN3. The molecule has 0 amide bonds. The second kappa shape index (κ2) is 14.1. The van der Waals surface area contributed by atoms with Gasteiger partial charge in [0.25, 0.3) is 6.71 Å². The van der Waals surface area contributed by atoms with Crippen LogP contribution in [-0.4, -0.2) is 6.71 Å². The van der Waals surface area contributed by atoms with Gasteiger partial charge in [-0.25, -0.2) is 0 Å². The van der Waals surface area contributed by atoms with Gasteiger partial charge in [0.05, 0.1) is 0 Å². The summed E-state index contributed by atoms with van der Waals surface area (Å²) in [6.45, 7) is 6.25. The highest BCUT2D eigenvalue weighted by molar-refractivity contribution is 7.00. The van der Waals surface area contributed by atoms with Crippen molar-refractivity contribution < 1.29 is 0 Å². The van der Waals surface area contributed by atoms with Crippen LogP contribution in [0.25, 0.3) is 27.6 Å². The minimum atomic E-state index is 0.0270. The number of aryl methyl sites for hydroxylation is 1. The maximum atomic E-state index is 3.99. The van der Waals surface area contributed by atoms with Gasteiger partial charge >= 0.3 is 0 Å². The molecule has 9 aromatic carbocycles. The third kappa shape index (κ3) is 5.52. The predicted molar refractivity (Wildman–Crippen MR) is 254 cm³/mol. The van der Waals surface area contributed by atoms with E-state index in [9.17, 15) is 0 Å². The van der Waals surface area contributed by atoms with E-state index in [-0.39, 0.29) is 6.71 Å². The third-order valence-electron chi connectivity index (χ3n) is 12.2. The van der Waals surface area contributed by atoms with Gasteiger partial charge in [-0.1, -0.05) is 140 Å². The van der Waals surface area contributed by atoms with Crippen LogP contribution in [0.1, 0.15) is 11.1 Å². The molecule has 2 aliphatic rings. The van der Waals surface area contributed by atoms with Gasteiger partial charge in [-0.2, -0.15) is 0 Å². The minimum absolute atomic E-state index is 0.0270. The lowest BCUT2D eigenvalue weighted by Gasteiger charge is -2.44. The molecule has 0 aliphatic carbocycles. The summed E-state index contributed by atoms with van der Waals surface area (Å²) in [6.07, 6.45) is 6.11. The van der Waals surface area contributed by atoms with Crippen molar-refractivity contribution >= 4 is 102 Å². The number of hydrogen-bond acceptors (Lipinski definition) is 3. The Morgan fingerprint density at radius 3 is 1.76 bits per heavy atom. The van der Waals surface area contributed by atoms with E-state index in [0.29, 0.717) is 0 Å². The molecule has 0 saturated carbocycles. The Hall–Kier alpha value is -7.56. The molecule has 0 fully saturated rings. The molecule has 9 aromatic rings. The van der Waals surface area contributed by atoms with E-state index in [4.69, 9.17) is 0 Å². The molecule has 4 heteroatoms. The van der Waals surface area contributed by atoms with E-state index in [1.165, 1.54) is 71.8 Å². The van der Waals surface area contributed by atoms with Crippen molar-refractivity contribution in [3.63, 3.8) is 0 Å². The number of para-hydroxylation sites is 4. The summed E-state index contributed by atoms with van der Waals surface area (Å²) in [7, 11) is 0. The van der Waals surface area contributed by atoms with Crippen molar-refractivity contribution in [2.24, 2.45) is 0 Å². The zero-order chi connectivity index (χ0) is 39.5. The molecule has 0 bridgehead atoms. The number of anilines is 9. The highest BCUT2D eigenvalue weighted by Gasteiger charge is 2.43. The second-order valence-electron chi connectivity index (χ2n) is 15.4. The first kappa shape index (κ1) is 34.7. The number of nitrogens with zero attached hydrogens (tertiary/aromatic N) is 3. The lowest BCUT2D eigenvalue weighted by atomic mass is 9.33. The normalized spacial score (nSPS) is 12.7. The van der Waals surface area contributed by atoms with Gasteiger partial charge in [0.1, 0.15) is 0 Å². The first-order valence-corrected chi connectivity index (χ1v) is 20.3. The third-order valence-corrected chi connectivity index (χ3v) is 12.2. The van der Waals surface area contributed by atoms with Gasteiger partial charge in [0.2, 0.25) is 0 Å². The van der Waals surface area contributed by atoms with Gasteiger partial charge < -0.3 is 14.7 Å². The van der Waals surface area contributed by atoms with Crippen molar-refractivity contribution in [3.05, 3.63) is 224 Å². The SMILES string of the molecule is C=C/C=C\c1c(C)c2ccccc2c2cc(N3c4cc(N(c5ccccc5)c5ccccc5)ccc4B4c5ccccc5N(c5ccccc5)c5cccc3c54)ccc12. The Labute approximate surface area is 346 Å². The standard InChI is InChI=1S/C55H40BN3/c1-3-4-25-44-38(2)45-26-14-15-27-46(45)48-36-42(32-34-47(44)48)59-53-31-18-30-52-55(53)56(49-28-16-17-29-51(49)58(52)41-23-12-7-13-24-41)50-35-33-43(37-54(50)59)57(39-19-8-5-9-20-39)40-21-10-6-11-22-40/h3-37H,1H2,2H3/b25-4-. The van der Waals surface area contributed by atoms with Gasteiger partial charge in [-0.3, -0.25) is 0 Å². The lowest BCUT2D eigenvalue weighted by molar-refractivity contribution is 1.24. The Balaban J connectivity index is 1.21. The molecule has 0 saturated heterocycles. The minimum Gasteiger partial charge on any atom is -0.311 e. The number of fused-ring (bicyclic) bond motifs is 7. The molecule has 59 heavy (non-hydrogen) atoms. The van der Waals surface area contributed by atoms with Crippen LogP contribution in [0.4, 0.5) is 51.2 Å². The Morgan fingerprint density at radius 1 is 0.458 bits per heavy atom. The summed E-state index contributed by atoms with van der Waals surface area (Å²) in [5.41, 5.74) is 16.7. The molecule has 3 nitrogen and oxygen atoms in total. The summed E-state index contributed by atoms with van der Waals surface area (Å²) in [5.74, 6) is 0. The van der Waals surface area contributed by atoms with Gasteiger partial charge in [0, 0.05) is 51.2 Å². The fourth-order valence-electron chi connectivity index (χ4n) is 9.64. The van der Waals surface area contributed by atoms with Crippen molar-refractivity contribution in [2.45, 2.75) is 6.92 Å². The summed E-state index contributed by atoms with van der Waals surface area (Å²) in [6, 6.07) is 71.0. The van der Waals surface area contributed by atoms with Crippen molar-refractivity contribution in [3.8, 4) is 0 Å². The zero-order valence-electron chi connectivity index (χ0n) is 32.8. The second-order valence-corrected chi connectivity index (χ2v) is 15.4. The molecule has 11 rings (SSSR count). The number of allylic oxidation sites excluding steroid dienone is 2. The van der Waals surface area contributed by atoms with Crippen LogP contribution in [0.2, 0.25) is 0 Å². The fourth-order valence-corrected chi connectivity index (χ4v) is 9.64. The fraction of sp³-hybridized carbons (Fsp3) is 0.0182. The molecule has 0 aromatic heterocycles. The molecule has 2 heterocycles. The van der Waals surface area contributed by atoms with E-state index in [2.05, 4.69) is 228 Å². The van der Waals surface area contributed by atoms with Gasteiger partial charge in [-0.05, 0) is 135 Å². The van der Waals surface area contributed by atoms with E-state index in [1.807, 2.05) is 12.2 Å². The first-order chi connectivity index (χ1) is 29.2. The van der Waals surface area contributed by atoms with E-state index in [0.717, 1.165) is 28.4 Å². The van der Waals surface area contributed by atoms with Gasteiger partial charge in [-0.15, -0.1) is 0 Å². The summed E-state index contributed by atoms with van der Waals surface area (Å²) in [4.78, 5) is 7.33. The van der Waals surface area contributed by atoms with Crippen LogP contribution in [0.15, 0.2) is 213 Å². The largest absolute Gasteiger partial charge is 0.311 e. The summed E-state index contributed by atoms with van der Waals surface area (Å²) < 4.78 is 0. The highest BCUT2D eigenvalue weighted by atomic mass is 15.2. The lowest BCUT2D eigenvalue weighted by Crippen LogP contribution is -2.61. The van der Waals surface area contributed by atoms with E-state index in [1.54, 1.807) is 0 Å². The molecule has 0 radical (unpaired) electrons. The quantitative estimate of drug-likeness (QED) is 0.0912. The molecule has 0 unspecified atom stereocenters. The number of rotatable bonds is 7. The maximum Gasteiger partial charge on any atom is 0.252 e. The number of hydrogen-bond donors (Lipinski definition) is 0. The molecule has 2 aliphatic heterocycles. The van der Waals surface area contributed by atoms with Crippen LogP contribution < -0.4 is 31.1 Å².